The topological polar surface area (TPSA) is 73.2 Å². The summed E-state index contributed by atoms with van der Waals surface area (Å²) in [6.07, 6.45) is 0. The van der Waals surface area contributed by atoms with Crippen molar-refractivity contribution in [1.29, 1.82) is 5.26 Å². The average molecular weight is 360 g/mol. The Hall–Kier alpha value is -2.91. The molecule has 0 aliphatic rings. The van der Waals surface area contributed by atoms with Crippen LogP contribution < -0.4 is 10.2 Å². The molecule has 2 aromatic carbocycles. The molecule has 0 radical (unpaired) electrons. The maximum absolute atomic E-state index is 13.7. The number of halogens is 2. The monoisotopic (exact) mass is 359 g/mol. The van der Waals surface area contributed by atoms with Gasteiger partial charge in [-0.3, -0.25) is 9.59 Å². The van der Waals surface area contributed by atoms with Gasteiger partial charge in [0.25, 0.3) is 5.91 Å². The van der Waals surface area contributed by atoms with Gasteiger partial charge < -0.3 is 10.2 Å². The van der Waals surface area contributed by atoms with E-state index in [0.717, 1.165) is 6.07 Å². The molecule has 0 fully saturated rings. The Morgan fingerprint density at radius 3 is 2.64 bits per heavy atom. The van der Waals surface area contributed by atoms with E-state index in [2.05, 4.69) is 5.32 Å². The third-order valence-corrected chi connectivity index (χ3v) is 3.79. The van der Waals surface area contributed by atoms with Crippen LogP contribution in [0, 0.1) is 17.1 Å². The molecule has 0 unspecified atom stereocenters. The molecule has 0 saturated carbocycles. The van der Waals surface area contributed by atoms with Gasteiger partial charge in [0, 0.05) is 25.7 Å². The van der Waals surface area contributed by atoms with Crippen molar-refractivity contribution >= 4 is 29.1 Å². The Labute approximate surface area is 149 Å². The summed E-state index contributed by atoms with van der Waals surface area (Å²) in [4.78, 5) is 25.4. The van der Waals surface area contributed by atoms with Gasteiger partial charge in [0.1, 0.15) is 5.82 Å². The third kappa shape index (κ3) is 4.55. The largest absolute Gasteiger partial charge is 0.350 e. The van der Waals surface area contributed by atoms with Crippen molar-refractivity contribution in [3.63, 3.8) is 0 Å². The number of carbonyl (C=O) groups excluding carboxylic acids is 2. The summed E-state index contributed by atoms with van der Waals surface area (Å²) >= 11 is 5.85. The van der Waals surface area contributed by atoms with E-state index in [9.17, 15) is 14.0 Å². The number of benzene rings is 2. The van der Waals surface area contributed by atoms with Crippen LogP contribution in [0.1, 0.15) is 22.8 Å². The lowest BCUT2D eigenvalue weighted by atomic mass is 10.2. The van der Waals surface area contributed by atoms with Gasteiger partial charge in [0.05, 0.1) is 22.2 Å². The second-order valence-corrected chi connectivity index (χ2v) is 5.59. The first-order chi connectivity index (χ1) is 11.9. The van der Waals surface area contributed by atoms with E-state index in [1.165, 1.54) is 24.0 Å². The summed E-state index contributed by atoms with van der Waals surface area (Å²) in [5, 5.41) is 11.5. The maximum atomic E-state index is 13.7. The fourth-order valence-corrected chi connectivity index (χ4v) is 2.54. The highest BCUT2D eigenvalue weighted by molar-refractivity contribution is 6.33. The Balaban J connectivity index is 2.06. The zero-order valence-electron chi connectivity index (χ0n) is 13.4. The van der Waals surface area contributed by atoms with Crippen molar-refractivity contribution in [3.05, 3.63) is 64.4 Å². The number of rotatable bonds is 5. The molecule has 128 valence electrons. The van der Waals surface area contributed by atoms with E-state index >= 15 is 0 Å². The molecule has 0 aromatic heterocycles. The van der Waals surface area contributed by atoms with E-state index in [4.69, 9.17) is 16.9 Å². The molecule has 25 heavy (non-hydrogen) atoms. The SMILES string of the molecule is CC(=O)N(CCNC(=O)c1c(F)cccc1Cl)c1cccc(C#N)c1. The number of hydrogen-bond donors (Lipinski definition) is 1. The molecule has 2 amide bonds. The van der Waals surface area contributed by atoms with Crippen molar-refractivity contribution < 1.29 is 14.0 Å². The minimum absolute atomic E-state index is 0.0163. The van der Waals surface area contributed by atoms with Crippen LogP contribution in [-0.4, -0.2) is 24.9 Å². The summed E-state index contributed by atoms with van der Waals surface area (Å²) in [5.74, 6) is -1.61. The van der Waals surface area contributed by atoms with E-state index in [1.807, 2.05) is 6.07 Å². The fourth-order valence-electron chi connectivity index (χ4n) is 2.30. The molecule has 0 saturated heterocycles. The molecule has 7 heteroatoms. The minimum Gasteiger partial charge on any atom is -0.350 e. The Kier molecular flexibility index (Phi) is 6.09. The average Bonchev–Trinajstić information content (AvgIpc) is 2.58. The predicted octanol–water partition coefficient (Wildman–Crippen LogP) is 3.13. The van der Waals surface area contributed by atoms with Gasteiger partial charge in [-0.2, -0.15) is 5.26 Å². The van der Waals surface area contributed by atoms with Crippen molar-refractivity contribution in [2.75, 3.05) is 18.0 Å². The predicted molar refractivity (Wildman–Crippen MR) is 92.9 cm³/mol. The Bertz CT molecular complexity index is 828. The van der Waals surface area contributed by atoms with Gasteiger partial charge in [-0.15, -0.1) is 0 Å². The van der Waals surface area contributed by atoms with Crippen LogP contribution in [0.15, 0.2) is 42.5 Å². The summed E-state index contributed by atoms with van der Waals surface area (Å²) < 4.78 is 13.7. The molecule has 0 heterocycles. The van der Waals surface area contributed by atoms with Crippen molar-refractivity contribution in [2.24, 2.45) is 0 Å². The first-order valence-corrected chi connectivity index (χ1v) is 7.82. The normalized spacial score (nSPS) is 10.0. The number of nitrogens with zero attached hydrogens (tertiary/aromatic N) is 2. The second kappa shape index (κ2) is 8.27. The molecule has 2 aromatic rings. The molecule has 1 N–H and O–H groups in total. The molecule has 0 aliphatic carbocycles. The standard InChI is InChI=1S/C18H15ClFN3O2/c1-12(24)23(14-5-2-4-13(10-14)11-21)9-8-22-18(25)17-15(19)6-3-7-16(17)20/h2-7,10H,8-9H2,1H3,(H,22,25). The van der Waals surface area contributed by atoms with Crippen LogP contribution in [0.25, 0.3) is 0 Å². The second-order valence-electron chi connectivity index (χ2n) is 5.19. The third-order valence-electron chi connectivity index (χ3n) is 3.48. The highest BCUT2D eigenvalue weighted by atomic mass is 35.5. The van der Waals surface area contributed by atoms with Crippen LogP contribution >= 0.6 is 11.6 Å². The highest BCUT2D eigenvalue weighted by Gasteiger charge is 2.17. The van der Waals surface area contributed by atoms with Crippen molar-refractivity contribution in [1.82, 2.24) is 5.32 Å². The summed E-state index contributed by atoms with van der Waals surface area (Å²) in [5.41, 5.74) is 0.737. The lowest BCUT2D eigenvalue weighted by Crippen LogP contribution is -2.37. The summed E-state index contributed by atoms with van der Waals surface area (Å²) in [6.45, 7) is 1.65. The number of amides is 2. The molecule has 2 rings (SSSR count). The number of carbonyl (C=O) groups is 2. The van der Waals surface area contributed by atoms with Gasteiger partial charge in [0.15, 0.2) is 0 Å². The number of nitriles is 1. The lowest BCUT2D eigenvalue weighted by molar-refractivity contribution is -0.116. The van der Waals surface area contributed by atoms with Crippen molar-refractivity contribution in [3.8, 4) is 6.07 Å². The van der Waals surface area contributed by atoms with Gasteiger partial charge in [-0.1, -0.05) is 23.7 Å². The molecular weight excluding hydrogens is 345 g/mol. The molecular formula is C18H15ClFN3O2. The molecule has 0 bridgehead atoms. The smallest absolute Gasteiger partial charge is 0.255 e. The molecule has 0 spiro atoms. The van der Waals surface area contributed by atoms with Crippen LogP contribution in [0.3, 0.4) is 0 Å². The number of nitrogens with one attached hydrogen (secondary N) is 1. The maximum Gasteiger partial charge on any atom is 0.255 e. The lowest BCUT2D eigenvalue weighted by Gasteiger charge is -2.21. The van der Waals surface area contributed by atoms with E-state index in [1.54, 1.807) is 24.3 Å². The quantitative estimate of drug-likeness (QED) is 0.891. The van der Waals surface area contributed by atoms with Crippen LogP contribution in [0.4, 0.5) is 10.1 Å². The van der Waals surface area contributed by atoms with Crippen LogP contribution in [-0.2, 0) is 4.79 Å². The van der Waals surface area contributed by atoms with Gasteiger partial charge in [-0.05, 0) is 30.3 Å². The van der Waals surface area contributed by atoms with Crippen LogP contribution in [0.2, 0.25) is 5.02 Å². The van der Waals surface area contributed by atoms with Gasteiger partial charge >= 0.3 is 0 Å². The summed E-state index contributed by atoms with van der Waals surface area (Å²) in [6, 6.07) is 12.6. The first-order valence-electron chi connectivity index (χ1n) is 7.44. The van der Waals surface area contributed by atoms with E-state index in [0.29, 0.717) is 11.3 Å². The van der Waals surface area contributed by atoms with E-state index in [-0.39, 0.29) is 29.6 Å². The first kappa shape index (κ1) is 18.4. The summed E-state index contributed by atoms with van der Waals surface area (Å²) in [7, 11) is 0. The zero-order valence-corrected chi connectivity index (χ0v) is 14.2. The number of anilines is 1. The molecule has 0 atom stereocenters. The van der Waals surface area contributed by atoms with Crippen molar-refractivity contribution in [2.45, 2.75) is 6.92 Å². The highest BCUT2D eigenvalue weighted by Crippen LogP contribution is 2.19. The minimum atomic E-state index is -0.713. The van der Waals surface area contributed by atoms with Crippen LogP contribution in [0.5, 0.6) is 0 Å². The molecule has 5 nitrogen and oxygen atoms in total. The zero-order chi connectivity index (χ0) is 18.4. The van der Waals surface area contributed by atoms with Gasteiger partial charge in [0.2, 0.25) is 5.91 Å². The van der Waals surface area contributed by atoms with E-state index < -0.39 is 11.7 Å². The fraction of sp³-hybridized carbons (Fsp3) is 0.167. The Morgan fingerprint density at radius 1 is 1.28 bits per heavy atom. The Morgan fingerprint density at radius 2 is 2.00 bits per heavy atom. The molecule has 0 aliphatic heterocycles. The van der Waals surface area contributed by atoms with Gasteiger partial charge in [-0.25, -0.2) is 4.39 Å². The number of hydrogen-bond acceptors (Lipinski definition) is 3.